The van der Waals surface area contributed by atoms with Gasteiger partial charge in [-0.1, -0.05) is 74.3 Å². The molecule has 3 aromatic carbocycles. The number of rotatable bonds is 7. The van der Waals surface area contributed by atoms with E-state index in [9.17, 15) is 18.0 Å². The molecule has 4 rings (SSSR count). The molecule has 0 atom stereocenters. The van der Waals surface area contributed by atoms with Gasteiger partial charge in [0.05, 0.1) is 39.9 Å². The molecular formula is C27H29Cl2N7O4S. The predicted molar refractivity (Wildman–Crippen MR) is 162 cm³/mol. The Bertz CT molecular complexity index is 1750. The lowest BCUT2D eigenvalue weighted by Gasteiger charge is -2.21. The first-order chi connectivity index (χ1) is 19.1. The Morgan fingerprint density at radius 1 is 1.02 bits per heavy atom. The van der Waals surface area contributed by atoms with Crippen molar-refractivity contribution in [3.05, 3.63) is 82.0 Å². The topological polar surface area (TPSA) is 151 Å². The number of hydrogen-bond donors (Lipinski definition) is 4. The third kappa shape index (κ3) is 7.09. The van der Waals surface area contributed by atoms with Crippen molar-refractivity contribution in [2.75, 3.05) is 16.9 Å². The second kappa shape index (κ2) is 11.6. The van der Waals surface area contributed by atoms with Gasteiger partial charge in [-0.25, -0.2) is 22.7 Å². The van der Waals surface area contributed by atoms with Crippen LogP contribution in [0, 0.1) is 0 Å². The van der Waals surface area contributed by atoms with Crippen LogP contribution in [0.25, 0.3) is 16.5 Å². The molecule has 0 radical (unpaired) electrons. The molecule has 4 amide bonds. The number of hydrazine groups is 1. The van der Waals surface area contributed by atoms with Crippen LogP contribution in [0.1, 0.15) is 32.0 Å². The average Bonchev–Trinajstić information content (AvgIpc) is 3.30. The van der Waals surface area contributed by atoms with Crippen LogP contribution in [0.3, 0.4) is 0 Å². The van der Waals surface area contributed by atoms with Gasteiger partial charge in [-0.05, 0) is 40.6 Å². The average molecular weight is 619 g/mol. The van der Waals surface area contributed by atoms with Crippen molar-refractivity contribution < 1.29 is 18.0 Å². The second-order valence-electron chi connectivity index (χ2n) is 10.3. The minimum atomic E-state index is -3.87. The van der Waals surface area contributed by atoms with Crippen LogP contribution in [-0.2, 0) is 22.0 Å². The van der Waals surface area contributed by atoms with Crippen LogP contribution >= 0.6 is 23.2 Å². The van der Waals surface area contributed by atoms with Crippen molar-refractivity contribution >= 4 is 67.6 Å². The lowest BCUT2D eigenvalue weighted by Crippen LogP contribution is -2.47. The summed E-state index contributed by atoms with van der Waals surface area (Å²) in [5.74, 6) is 0.349. The van der Waals surface area contributed by atoms with Crippen LogP contribution in [0.2, 0.25) is 10.0 Å². The minimum absolute atomic E-state index is 0.201. The predicted octanol–water partition coefficient (Wildman–Crippen LogP) is 5.62. The van der Waals surface area contributed by atoms with Gasteiger partial charge in [-0.3, -0.25) is 10.7 Å². The number of nitrogens with zero attached hydrogens (tertiary/aromatic N) is 3. The lowest BCUT2D eigenvalue weighted by molar-refractivity contribution is 0.226. The number of carbonyl (C=O) groups excluding carboxylic acids is 2. The van der Waals surface area contributed by atoms with Crippen molar-refractivity contribution in [3.63, 3.8) is 0 Å². The van der Waals surface area contributed by atoms with Gasteiger partial charge in [-0.15, -0.1) is 4.41 Å². The third-order valence-electron chi connectivity index (χ3n) is 6.05. The summed E-state index contributed by atoms with van der Waals surface area (Å²) < 4.78 is 27.2. The minimum Gasteiger partial charge on any atom is -0.351 e. The van der Waals surface area contributed by atoms with E-state index in [1.165, 1.54) is 0 Å². The van der Waals surface area contributed by atoms with Crippen LogP contribution in [0.5, 0.6) is 0 Å². The first-order valence-corrected chi connectivity index (χ1v) is 14.9. The summed E-state index contributed by atoms with van der Waals surface area (Å²) in [5.41, 5.74) is 9.14. The highest BCUT2D eigenvalue weighted by Gasteiger charge is 2.24. The molecule has 0 saturated heterocycles. The number of nitrogens with two attached hydrogens (primary N) is 1. The van der Waals surface area contributed by atoms with Gasteiger partial charge >= 0.3 is 12.1 Å². The van der Waals surface area contributed by atoms with Gasteiger partial charge in [0.25, 0.3) is 0 Å². The zero-order chi connectivity index (χ0) is 30.1. The molecule has 1 aromatic heterocycles. The number of aromatic nitrogens is 2. The van der Waals surface area contributed by atoms with E-state index in [1.807, 2.05) is 51.1 Å². The van der Waals surface area contributed by atoms with Crippen LogP contribution in [0.4, 0.5) is 21.1 Å². The van der Waals surface area contributed by atoms with E-state index in [-0.39, 0.29) is 17.0 Å². The van der Waals surface area contributed by atoms with E-state index in [2.05, 4.69) is 16.1 Å². The molecule has 0 fully saturated rings. The van der Waals surface area contributed by atoms with Crippen LogP contribution in [-0.4, -0.2) is 40.9 Å². The summed E-state index contributed by atoms with van der Waals surface area (Å²) in [6, 6.07) is 16.0. The second-order valence-corrected chi connectivity index (χ2v) is 13.0. The largest absolute Gasteiger partial charge is 0.351 e. The Kier molecular flexibility index (Phi) is 8.50. The number of nitrogens with one attached hydrogen (secondary N) is 3. The monoisotopic (exact) mass is 617 g/mol. The lowest BCUT2D eigenvalue weighted by atomic mass is 9.92. The van der Waals surface area contributed by atoms with E-state index < -0.39 is 22.1 Å². The number of amides is 4. The summed E-state index contributed by atoms with van der Waals surface area (Å²) in [5, 5.41) is 12.3. The number of anilines is 2. The van der Waals surface area contributed by atoms with Gasteiger partial charge < -0.3 is 11.1 Å². The number of sulfonamides is 1. The van der Waals surface area contributed by atoms with E-state index in [0.717, 1.165) is 21.4 Å². The number of fused-ring (bicyclic) bond motifs is 1. The van der Waals surface area contributed by atoms with E-state index in [4.69, 9.17) is 34.0 Å². The number of carbonyl (C=O) groups is 2. The Hall–Kier alpha value is -3.84. The summed E-state index contributed by atoms with van der Waals surface area (Å²) in [4.78, 5) is 24.6. The number of halogens is 2. The number of benzene rings is 3. The number of hydrogen-bond acceptors (Lipinski definition) is 5. The Morgan fingerprint density at radius 2 is 1.73 bits per heavy atom. The molecule has 0 aliphatic carbocycles. The molecule has 0 saturated carbocycles. The molecule has 0 aliphatic heterocycles. The van der Waals surface area contributed by atoms with Crippen molar-refractivity contribution in [1.82, 2.24) is 19.6 Å². The highest BCUT2D eigenvalue weighted by atomic mass is 35.5. The zero-order valence-corrected chi connectivity index (χ0v) is 25.0. The standard InChI is InChI=1S/C27H29Cl2N7O4S/c1-27(2,3)22-14-23(32-26(38)31-21-11-7-10-20(28)24(21)29)36(33-22)18-12-16-8-5-6-9-19(16)17(13-18)15-35(34-25(30)37)41(4,39)40/h5-14H,15H2,1-4H3,(H3,30,34,37)(H2,31,32,38). The first kappa shape index (κ1) is 30.1. The molecule has 41 heavy (non-hydrogen) atoms. The maximum Gasteiger partial charge on any atom is 0.327 e. The quantitative estimate of drug-likeness (QED) is 0.198. The molecule has 1 heterocycles. The van der Waals surface area contributed by atoms with Crippen LogP contribution in [0.15, 0.2) is 60.7 Å². The number of primary amides is 1. The van der Waals surface area contributed by atoms with Gasteiger partial charge in [0, 0.05) is 11.5 Å². The van der Waals surface area contributed by atoms with Crippen LogP contribution < -0.4 is 21.8 Å². The Morgan fingerprint density at radius 3 is 2.39 bits per heavy atom. The molecule has 4 aromatic rings. The molecular weight excluding hydrogens is 589 g/mol. The highest BCUT2D eigenvalue weighted by Crippen LogP contribution is 2.32. The molecule has 0 spiro atoms. The Balaban J connectivity index is 1.80. The molecule has 0 unspecified atom stereocenters. The smallest absolute Gasteiger partial charge is 0.327 e. The molecule has 14 heteroatoms. The van der Waals surface area contributed by atoms with E-state index >= 15 is 0 Å². The zero-order valence-electron chi connectivity index (χ0n) is 22.7. The summed E-state index contributed by atoms with van der Waals surface area (Å²) in [6.07, 6.45) is 0.963. The van der Waals surface area contributed by atoms with E-state index in [0.29, 0.717) is 33.5 Å². The van der Waals surface area contributed by atoms with Crippen molar-refractivity contribution in [2.45, 2.75) is 32.7 Å². The fourth-order valence-electron chi connectivity index (χ4n) is 4.05. The summed E-state index contributed by atoms with van der Waals surface area (Å²) in [7, 11) is -3.87. The van der Waals surface area contributed by atoms with Gasteiger partial charge in [0.1, 0.15) is 5.82 Å². The maximum absolute atomic E-state index is 13.0. The molecule has 216 valence electrons. The van der Waals surface area contributed by atoms with E-state index in [1.54, 1.807) is 35.0 Å². The van der Waals surface area contributed by atoms with Crippen molar-refractivity contribution in [2.24, 2.45) is 5.73 Å². The summed E-state index contributed by atoms with van der Waals surface area (Å²) in [6.45, 7) is 5.75. The van der Waals surface area contributed by atoms with Gasteiger partial charge in [0.2, 0.25) is 10.0 Å². The first-order valence-electron chi connectivity index (χ1n) is 12.3. The van der Waals surface area contributed by atoms with Crippen molar-refractivity contribution in [3.8, 4) is 5.69 Å². The van der Waals surface area contributed by atoms with Gasteiger partial charge in [0.15, 0.2) is 0 Å². The molecule has 5 N–H and O–H groups in total. The third-order valence-corrected chi connectivity index (χ3v) is 7.89. The van der Waals surface area contributed by atoms with Crippen molar-refractivity contribution in [1.29, 1.82) is 0 Å². The maximum atomic E-state index is 13.0. The highest BCUT2D eigenvalue weighted by molar-refractivity contribution is 7.88. The Labute approximate surface area is 247 Å². The molecule has 11 nitrogen and oxygen atoms in total. The molecule has 0 aliphatic rings. The van der Waals surface area contributed by atoms with Gasteiger partial charge in [-0.2, -0.15) is 5.10 Å². The fourth-order valence-corrected chi connectivity index (χ4v) is 5.02. The molecule has 0 bridgehead atoms. The SMILES string of the molecule is CC(C)(C)c1cc(NC(=O)Nc2cccc(Cl)c2Cl)n(-c2cc(CN(NC(N)=O)S(C)(=O)=O)c3ccccc3c2)n1. The normalized spacial score (nSPS) is 12.0. The number of urea groups is 2. The fraction of sp³-hybridized carbons (Fsp3) is 0.222. The summed E-state index contributed by atoms with van der Waals surface area (Å²) >= 11 is 12.3.